The lowest BCUT2D eigenvalue weighted by molar-refractivity contribution is -0.356. The second-order valence-electron chi connectivity index (χ2n) is 9.89. The van der Waals surface area contributed by atoms with Crippen LogP contribution in [0.25, 0.3) is 0 Å². The minimum absolute atomic E-state index is 0.219. The first-order chi connectivity index (χ1) is 18.2. The van der Waals surface area contributed by atoms with Gasteiger partial charge >= 0.3 is 11.9 Å². The molecule has 2 aliphatic heterocycles. The molecule has 1 unspecified atom stereocenters. The Morgan fingerprint density at radius 2 is 1.66 bits per heavy atom. The molecule has 2 heterocycles. The third kappa shape index (κ3) is 5.52. The molecule has 0 bridgehead atoms. The molecule has 4 rings (SSSR count). The summed E-state index contributed by atoms with van der Waals surface area (Å²) in [7, 11) is 1.53. The van der Waals surface area contributed by atoms with Crippen molar-refractivity contribution in [3.05, 3.63) is 58.7 Å². The van der Waals surface area contributed by atoms with Crippen LogP contribution in [-0.4, -0.2) is 50.6 Å². The topological polar surface area (TPSA) is 89.5 Å². The van der Waals surface area contributed by atoms with E-state index in [2.05, 4.69) is 13.0 Å². The summed E-state index contributed by atoms with van der Waals surface area (Å²) in [5.74, 6) is -1.16. The maximum absolute atomic E-state index is 12.3. The predicted molar refractivity (Wildman–Crippen MR) is 140 cm³/mol. The number of esters is 2. The van der Waals surface area contributed by atoms with E-state index in [0.29, 0.717) is 31.6 Å². The van der Waals surface area contributed by atoms with Gasteiger partial charge in [-0.25, -0.2) is 0 Å². The van der Waals surface area contributed by atoms with Gasteiger partial charge in [0, 0.05) is 32.4 Å². The SMILES string of the molecule is CCc1ccc(C2(OC)O[C@H](CC)[C@@H](C)[C@H](OC(C)=O)[C@H]2OC(C)=O)cc1Cc1ccc2c(c1)OCCO2. The molecule has 0 N–H and O–H groups in total. The molecular formula is C30H38O8. The normalized spacial score (nSPS) is 26.5. The van der Waals surface area contributed by atoms with E-state index < -0.39 is 29.9 Å². The molecule has 0 saturated carbocycles. The van der Waals surface area contributed by atoms with Gasteiger partial charge in [0.05, 0.1) is 6.10 Å². The molecule has 8 nitrogen and oxygen atoms in total. The molecule has 8 heteroatoms. The molecule has 0 aliphatic carbocycles. The van der Waals surface area contributed by atoms with Crippen LogP contribution in [0.15, 0.2) is 36.4 Å². The summed E-state index contributed by atoms with van der Waals surface area (Å²) in [5.41, 5.74) is 4.02. The molecule has 0 aromatic heterocycles. The first-order valence-corrected chi connectivity index (χ1v) is 13.3. The summed E-state index contributed by atoms with van der Waals surface area (Å²) >= 11 is 0. The first kappa shape index (κ1) is 27.9. The molecule has 0 spiro atoms. The zero-order chi connectivity index (χ0) is 27.4. The lowest BCUT2D eigenvalue weighted by Crippen LogP contribution is -2.62. The van der Waals surface area contributed by atoms with Crippen molar-refractivity contribution in [2.45, 2.75) is 78.0 Å². The zero-order valence-electron chi connectivity index (χ0n) is 23.1. The molecule has 0 radical (unpaired) electrons. The maximum Gasteiger partial charge on any atom is 0.303 e. The Morgan fingerprint density at radius 3 is 2.29 bits per heavy atom. The Balaban J connectivity index is 1.79. The Morgan fingerprint density at radius 1 is 0.947 bits per heavy atom. The number of ether oxygens (including phenoxy) is 6. The zero-order valence-corrected chi connectivity index (χ0v) is 23.1. The van der Waals surface area contributed by atoms with Gasteiger partial charge in [-0.3, -0.25) is 9.59 Å². The average Bonchev–Trinajstić information content (AvgIpc) is 2.90. The van der Waals surface area contributed by atoms with Crippen molar-refractivity contribution in [1.29, 1.82) is 0 Å². The highest BCUT2D eigenvalue weighted by atomic mass is 16.7. The van der Waals surface area contributed by atoms with Gasteiger partial charge in [-0.15, -0.1) is 0 Å². The predicted octanol–water partition coefficient (Wildman–Crippen LogP) is 4.72. The van der Waals surface area contributed by atoms with Gasteiger partial charge < -0.3 is 28.4 Å². The van der Waals surface area contributed by atoms with Gasteiger partial charge in [-0.1, -0.05) is 39.0 Å². The Bertz CT molecular complexity index is 1160. The standard InChI is InChI=1S/C30H38O8/c1-7-22-10-11-24(17-23(22)15-21-9-12-26-27(16-21)35-14-13-34-26)30(33-6)29(37-20(5)32)28(36-19(4)31)18(3)25(8-2)38-30/h9-12,16-18,25,28-29H,7-8,13-15H2,1-6H3/t18-,25-,28+,29-,30?/m1/s1. The highest BCUT2D eigenvalue weighted by Crippen LogP contribution is 2.45. The largest absolute Gasteiger partial charge is 0.486 e. The van der Waals surface area contributed by atoms with E-state index >= 15 is 0 Å². The molecule has 1 fully saturated rings. The van der Waals surface area contributed by atoms with Crippen molar-refractivity contribution in [2.24, 2.45) is 5.92 Å². The second-order valence-corrected chi connectivity index (χ2v) is 9.89. The van der Waals surface area contributed by atoms with Gasteiger partial charge in [0.25, 0.3) is 0 Å². The summed E-state index contributed by atoms with van der Waals surface area (Å²) in [6.07, 6.45) is 0.0984. The van der Waals surface area contributed by atoms with Crippen LogP contribution in [0, 0.1) is 5.92 Å². The molecule has 2 aliphatic rings. The molecule has 2 aromatic carbocycles. The van der Waals surface area contributed by atoms with E-state index in [1.165, 1.54) is 26.5 Å². The second kappa shape index (κ2) is 11.7. The molecule has 2 aromatic rings. The third-order valence-electron chi connectivity index (χ3n) is 7.40. The smallest absolute Gasteiger partial charge is 0.303 e. The monoisotopic (exact) mass is 526 g/mol. The number of methoxy groups -OCH3 is 1. The van der Waals surface area contributed by atoms with Crippen molar-refractivity contribution in [3.8, 4) is 11.5 Å². The molecule has 5 atom stereocenters. The van der Waals surface area contributed by atoms with Crippen LogP contribution in [0.4, 0.5) is 0 Å². The Kier molecular flexibility index (Phi) is 8.63. The molecule has 1 saturated heterocycles. The van der Waals surface area contributed by atoms with Gasteiger partial charge in [0.2, 0.25) is 5.79 Å². The summed E-state index contributed by atoms with van der Waals surface area (Å²) in [6, 6.07) is 12.0. The number of carbonyl (C=O) groups excluding carboxylic acids is 2. The number of hydrogen-bond donors (Lipinski definition) is 0. The van der Waals surface area contributed by atoms with Gasteiger partial charge in [0.15, 0.2) is 17.6 Å². The fourth-order valence-electron chi connectivity index (χ4n) is 5.53. The van der Waals surface area contributed by atoms with E-state index in [1.807, 2.05) is 44.2 Å². The van der Waals surface area contributed by atoms with Crippen molar-refractivity contribution < 1.29 is 38.0 Å². The summed E-state index contributed by atoms with van der Waals surface area (Å²) in [6.45, 7) is 9.80. The van der Waals surface area contributed by atoms with E-state index in [0.717, 1.165) is 29.0 Å². The lowest BCUT2D eigenvalue weighted by atomic mass is 9.81. The number of fused-ring (bicyclic) bond motifs is 1. The van der Waals surface area contributed by atoms with Crippen LogP contribution >= 0.6 is 0 Å². The molecule has 0 amide bonds. The van der Waals surface area contributed by atoms with Gasteiger partial charge in [-0.2, -0.15) is 0 Å². The molecular weight excluding hydrogens is 488 g/mol. The third-order valence-corrected chi connectivity index (χ3v) is 7.40. The van der Waals surface area contributed by atoms with E-state index in [1.54, 1.807) is 0 Å². The fourth-order valence-corrected chi connectivity index (χ4v) is 5.53. The number of rotatable bonds is 8. The van der Waals surface area contributed by atoms with Crippen LogP contribution in [-0.2, 0) is 47.2 Å². The van der Waals surface area contributed by atoms with Crippen LogP contribution in [0.1, 0.15) is 63.3 Å². The van der Waals surface area contributed by atoms with Crippen molar-refractivity contribution in [2.75, 3.05) is 20.3 Å². The van der Waals surface area contributed by atoms with Crippen LogP contribution in [0.3, 0.4) is 0 Å². The minimum Gasteiger partial charge on any atom is -0.486 e. The van der Waals surface area contributed by atoms with Crippen LogP contribution < -0.4 is 9.47 Å². The average molecular weight is 527 g/mol. The molecule has 206 valence electrons. The van der Waals surface area contributed by atoms with Crippen molar-refractivity contribution in [3.63, 3.8) is 0 Å². The molecule has 38 heavy (non-hydrogen) atoms. The fraction of sp³-hybridized carbons (Fsp3) is 0.533. The lowest BCUT2D eigenvalue weighted by Gasteiger charge is -2.50. The van der Waals surface area contributed by atoms with Crippen molar-refractivity contribution in [1.82, 2.24) is 0 Å². The number of carbonyl (C=O) groups is 2. The minimum atomic E-state index is -1.47. The van der Waals surface area contributed by atoms with E-state index in [9.17, 15) is 9.59 Å². The van der Waals surface area contributed by atoms with Crippen LogP contribution in [0.2, 0.25) is 0 Å². The van der Waals surface area contributed by atoms with Crippen LogP contribution in [0.5, 0.6) is 11.5 Å². The number of aryl methyl sites for hydroxylation is 1. The highest BCUT2D eigenvalue weighted by Gasteiger charge is 2.58. The van der Waals surface area contributed by atoms with Crippen molar-refractivity contribution >= 4 is 11.9 Å². The van der Waals surface area contributed by atoms with E-state index in [-0.39, 0.29) is 12.0 Å². The summed E-state index contributed by atoms with van der Waals surface area (Å²) in [4.78, 5) is 24.4. The first-order valence-electron chi connectivity index (χ1n) is 13.3. The quantitative estimate of drug-likeness (QED) is 0.457. The number of benzene rings is 2. The summed E-state index contributed by atoms with van der Waals surface area (Å²) < 4.78 is 35.7. The van der Waals surface area contributed by atoms with Gasteiger partial charge in [0.1, 0.15) is 19.3 Å². The van der Waals surface area contributed by atoms with E-state index in [4.69, 9.17) is 28.4 Å². The Hall–Kier alpha value is -3.10. The van der Waals surface area contributed by atoms with Gasteiger partial charge in [-0.05, 0) is 54.2 Å². The number of hydrogen-bond acceptors (Lipinski definition) is 8. The summed E-state index contributed by atoms with van der Waals surface area (Å²) in [5, 5.41) is 0. The highest BCUT2D eigenvalue weighted by molar-refractivity contribution is 5.67. The maximum atomic E-state index is 12.3. The Labute approximate surface area is 224 Å².